The molecule has 1 aromatic heterocycles. The van der Waals surface area contributed by atoms with Crippen LogP contribution < -0.4 is 10.5 Å². The summed E-state index contributed by atoms with van der Waals surface area (Å²) in [4.78, 5) is 15.4. The molecule has 0 aliphatic carbocycles. The summed E-state index contributed by atoms with van der Waals surface area (Å²) < 4.78 is 27.2. The average molecular weight is 293 g/mol. The molecule has 0 fully saturated rings. The fourth-order valence-electron chi connectivity index (χ4n) is 1.26. The van der Waals surface area contributed by atoms with Crippen molar-refractivity contribution < 1.29 is 17.9 Å². The number of primary sulfonamides is 1. The van der Waals surface area contributed by atoms with Crippen molar-refractivity contribution in [1.29, 1.82) is 0 Å². The van der Waals surface area contributed by atoms with E-state index >= 15 is 0 Å². The largest absolute Gasteiger partial charge is 0.385 e. The number of anilines is 1. The van der Waals surface area contributed by atoms with Gasteiger partial charge < -0.3 is 10.1 Å². The lowest BCUT2D eigenvalue weighted by molar-refractivity contribution is -0.116. The molecular weight excluding hydrogens is 278 g/mol. The van der Waals surface area contributed by atoms with Crippen LogP contribution >= 0.6 is 11.3 Å². The third-order valence-electron chi connectivity index (χ3n) is 2.01. The van der Waals surface area contributed by atoms with Gasteiger partial charge in [-0.15, -0.1) is 0 Å². The van der Waals surface area contributed by atoms with Crippen LogP contribution in [0.3, 0.4) is 0 Å². The predicted molar refractivity (Wildman–Crippen MR) is 68.0 cm³/mol. The molecule has 3 N–H and O–H groups in total. The summed E-state index contributed by atoms with van der Waals surface area (Å²) in [5.41, 5.74) is 0.287. The first-order chi connectivity index (χ1) is 8.34. The van der Waals surface area contributed by atoms with Crippen LogP contribution in [0.1, 0.15) is 18.5 Å². The van der Waals surface area contributed by atoms with Crippen LogP contribution in [-0.4, -0.2) is 33.0 Å². The summed E-state index contributed by atoms with van der Waals surface area (Å²) >= 11 is 0.847. The van der Waals surface area contributed by atoms with Gasteiger partial charge in [-0.2, -0.15) is 0 Å². The van der Waals surface area contributed by atoms with Crippen molar-refractivity contribution in [3.05, 3.63) is 5.69 Å². The second-order valence-corrected chi connectivity index (χ2v) is 6.34. The first-order valence-corrected chi connectivity index (χ1v) is 7.50. The minimum atomic E-state index is -3.78. The summed E-state index contributed by atoms with van der Waals surface area (Å²) in [6, 6.07) is 0. The number of sulfonamides is 1. The molecule has 0 aromatic carbocycles. The lowest BCUT2D eigenvalue weighted by atomic mass is 10.3. The number of nitrogens with one attached hydrogen (secondary N) is 1. The molecule has 0 saturated heterocycles. The summed E-state index contributed by atoms with van der Waals surface area (Å²) in [6.07, 6.45) is 0.881. The fraction of sp³-hybridized carbons (Fsp3) is 0.556. The molecule has 0 atom stereocenters. The van der Waals surface area contributed by atoms with E-state index in [9.17, 15) is 13.2 Å². The van der Waals surface area contributed by atoms with E-state index < -0.39 is 10.0 Å². The monoisotopic (exact) mass is 293 g/mol. The number of nitrogens with two attached hydrogens (primary N) is 1. The zero-order chi connectivity index (χ0) is 13.8. The number of nitrogens with zero attached hydrogens (tertiary/aromatic N) is 1. The summed E-state index contributed by atoms with van der Waals surface area (Å²) in [7, 11) is -2.23. The standard InChI is InChI=1S/C9H15N3O4S2/c1-6-8(18(10,14)15)17-9(11-6)12-7(13)4-3-5-16-2/h3-5H2,1-2H3,(H2,10,14,15)(H,11,12,13). The van der Waals surface area contributed by atoms with Crippen LogP contribution in [0.15, 0.2) is 4.21 Å². The van der Waals surface area contributed by atoms with Crippen LogP contribution in [-0.2, 0) is 19.6 Å². The Balaban J connectivity index is 2.67. The predicted octanol–water partition coefficient (Wildman–Crippen LogP) is 0.464. The highest BCUT2D eigenvalue weighted by Crippen LogP contribution is 2.25. The maximum Gasteiger partial charge on any atom is 0.249 e. The highest BCUT2D eigenvalue weighted by atomic mass is 32.2. The van der Waals surface area contributed by atoms with Gasteiger partial charge in [-0.3, -0.25) is 4.79 Å². The third kappa shape index (κ3) is 4.33. The van der Waals surface area contributed by atoms with E-state index in [1.807, 2.05) is 0 Å². The summed E-state index contributed by atoms with van der Waals surface area (Å²) in [5.74, 6) is -0.234. The fourth-order valence-corrected chi connectivity index (χ4v) is 3.13. The minimum Gasteiger partial charge on any atom is -0.385 e. The SMILES string of the molecule is COCCCC(=O)Nc1nc(C)c(S(N)(=O)=O)s1. The van der Waals surface area contributed by atoms with E-state index in [2.05, 4.69) is 10.3 Å². The maximum atomic E-state index is 11.5. The number of carbonyl (C=O) groups excluding carboxylic acids is 1. The molecule has 0 radical (unpaired) electrons. The van der Waals surface area contributed by atoms with Crippen molar-refractivity contribution in [1.82, 2.24) is 4.98 Å². The Morgan fingerprint density at radius 2 is 2.22 bits per heavy atom. The zero-order valence-electron chi connectivity index (χ0n) is 10.1. The summed E-state index contributed by atoms with van der Waals surface area (Å²) in [6.45, 7) is 2.02. The van der Waals surface area contributed by atoms with E-state index in [1.54, 1.807) is 7.11 Å². The van der Waals surface area contributed by atoms with Crippen molar-refractivity contribution in [2.75, 3.05) is 19.0 Å². The van der Waals surface area contributed by atoms with E-state index in [4.69, 9.17) is 9.88 Å². The lowest BCUT2D eigenvalue weighted by Gasteiger charge is -2.00. The summed E-state index contributed by atoms with van der Waals surface area (Å²) in [5, 5.41) is 7.78. The third-order valence-corrected chi connectivity index (χ3v) is 4.64. The van der Waals surface area contributed by atoms with Crippen LogP contribution in [0.5, 0.6) is 0 Å². The molecule has 1 aromatic rings. The second kappa shape index (κ2) is 6.23. The highest BCUT2D eigenvalue weighted by molar-refractivity contribution is 7.91. The van der Waals surface area contributed by atoms with Gasteiger partial charge in [0.05, 0.1) is 5.69 Å². The van der Waals surface area contributed by atoms with E-state index in [-0.39, 0.29) is 27.4 Å². The molecule has 9 heteroatoms. The zero-order valence-corrected chi connectivity index (χ0v) is 11.7. The number of methoxy groups -OCH3 is 1. The number of amides is 1. The Morgan fingerprint density at radius 3 is 2.72 bits per heavy atom. The van der Waals surface area contributed by atoms with E-state index in [0.717, 1.165) is 11.3 Å². The topological polar surface area (TPSA) is 111 Å². The van der Waals surface area contributed by atoms with Crippen LogP contribution in [0.2, 0.25) is 0 Å². The van der Waals surface area contributed by atoms with Crippen molar-refractivity contribution in [2.45, 2.75) is 24.0 Å². The van der Waals surface area contributed by atoms with E-state index in [1.165, 1.54) is 6.92 Å². The van der Waals surface area contributed by atoms with Gasteiger partial charge in [0.15, 0.2) is 9.34 Å². The molecule has 18 heavy (non-hydrogen) atoms. The van der Waals surface area contributed by atoms with Gasteiger partial charge in [0, 0.05) is 20.1 Å². The number of rotatable bonds is 6. The van der Waals surface area contributed by atoms with Gasteiger partial charge in [0.2, 0.25) is 15.9 Å². The number of thiazole rings is 1. The van der Waals surface area contributed by atoms with Crippen molar-refractivity contribution in [2.24, 2.45) is 5.14 Å². The molecule has 0 unspecified atom stereocenters. The Kier molecular flexibility index (Phi) is 5.20. The molecular formula is C9H15N3O4S2. The first kappa shape index (κ1) is 15.0. The van der Waals surface area contributed by atoms with Gasteiger partial charge in [-0.25, -0.2) is 18.5 Å². The number of carbonyl (C=O) groups is 1. The van der Waals surface area contributed by atoms with Gasteiger partial charge in [0.1, 0.15) is 0 Å². The molecule has 1 heterocycles. The average Bonchev–Trinajstić information content (AvgIpc) is 2.59. The molecule has 0 aliphatic rings. The number of hydrogen-bond donors (Lipinski definition) is 2. The Labute approximate surface area is 109 Å². The van der Waals surface area contributed by atoms with Crippen molar-refractivity contribution >= 4 is 32.4 Å². The molecule has 0 aliphatic heterocycles. The number of ether oxygens (including phenoxy) is 1. The van der Waals surface area contributed by atoms with Gasteiger partial charge >= 0.3 is 0 Å². The first-order valence-electron chi connectivity index (χ1n) is 5.13. The highest BCUT2D eigenvalue weighted by Gasteiger charge is 2.18. The normalized spacial score (nSPS) is 11.5. The number of hydrogen-bond acceptors (Lipinski definition) is 6. The molecule has 0 spiro atoms. The maximum absolute atomic E-state index is 11.5. The molecule has 0 bridgehead atoms. The molecule has 102 valence electrons. The van der Waals surface area contributed by atoms with Gasteiger partial charge in [-0.05, 0) is 13.3 Å². The Bertz CT molecular complexity index is 524. The molecule has 7 nitrogen and oxygen atoms in total. The molecule has 1 amide bonds. The number of aryl methyl sites for hydroxylation is 1. The van der Waals surface area contributed by atoms with Gasteiger partial charge in [0.25, 0.3) is 0 Å². The smallest absolute Gasteiger partial charge is 0.249 e. The minimum absolute atomic E-state index is 0.0327. The Hall–Kier alpha value is -1.03. The quantitative estimate of drug-likeness (QED) is 0.740. The van der Waals surface area contributed by atoms with Crippen molar-refractivity contribution in [3.8, 4) is 0 Å². The molecule has 0 saturated carbocycles. The number of aromatic nitrogens is 1. The van der Waals surface area contributed by atoms with Crippen LogP contribution in [0.4, 0.5) is 5.13 Å². The second-order valence-electron chi connectivity index (χ2n) is 3.58. The van der Waals surface area contributed by atoms with Crippen LogP contribution in [0.25, 0.3) is 0 Å². The van der Waals surface area contributed by atoms with Crippen LogP contribution in [0, 0.1) is 6.92 Å². The molecule has 1 rings (SSSR count). The Morgan fingerprint density at radius 1 is 1.56 bits per heavy atom. The lowest BCUT2D eigenvalue weighted by Crippen LogP contribution is -2.12. The van der Waals surface area contributed by atoms with E-state index in [0.29, 0.717) is 13.0 Å². The van der Waals surface area contributed by atoms with Gasteiger partial charge in [-0.1, -0.05) is 11.3 Å². The van der Waals surface area contributed by atoms with Crippen molar-refractivity contribution in [3.63, 3.8) is 0 Å².